The Morgan fingerprint density at radius 3 is 2.31 bits per heavy atom. The van der Waals surface area contributed by atoms with Crippen LogP contribution in [-0.2, 0) is 14.3 Å². The van der Waals surface area contributed by atoms with Crippen LogP contribution in [0, 0.1) is 5.92 Å². The highest BCUT2D eigenvalue weighted by Crippen LogP contribution is 2.36. The van der Waals surface area contributed by atoms with Gasteiger partial charge in [0, 0.05) is 6.61 Å². The average Bonchev–Trinajstić information content (AvgIpc) is 2.81. The molecule has 0 amide bonds. The molecule has 0 saturated carbocycles. The van der Waals surface area contributed by atoms with Gasteiger partial charge in [-0.3, -0.25) is 4.79 Å². The van der Waals surface area contributed by atoms with Gasteiger partial charge in [0.15, 0.2) is 0 Å². The minimum atomic E-state index is -1.45. The maximum Gasteiger partial charge on any atom is 0.311 e. The van der Waals surface area contributed by atoms with Crippen LogP contribution >= 0.6 is 0 Å². The lowest BCUT2D eigenvalue weighted by molar-refractivity contribution is -0.146. The molecule has 0 radical (unpaired) electrons. The lowest BCUT2D eigenvalue weighted by Gasteiger charge is -2.36. The summed E-state index contributed by atoms with van der Waals surface area (Å²) in [6.45, 7) is 7.46. The summed E-state index contributed by atoms with van der Waals surface area (Å²) in [5, 5.41) is 0. The summed E-state index contributed by atoms with van der Waals surface area (Å²) >= 11 is 0. The minimum absolute atomic E-state index is 0.00323. The lowest BCUT2D eigenvalue weighted by atomic mass is 10.1. The fourth-order valence-corrected chi connectivity index (χ4v) is 7.27. The molecule has 0 aromatic heterocycles. The molecule has 0 unspecified atom stereocenters. The van der Waals surface area contributed by atoms with Crippen molar-refractivity contribution in [1.82, 2.24) is 0 Å². The quantitative estimate of drug-likeness (QED) is 0.551. The van der Waals surface area contributed by atoms with Crippen LogP contribution in [0.25, 0.3) is 0 Å². The molecule has 3 nitrogen and oxygen atoms in total. The number of hydrogen-bond acceptors (Lipinski definition) is 3. The lowest BCUT2D eigenvalue weighted by Crippen LogP contribution is -2.50. The molecule has 4 heteroatoms. The van der Waals surface area contributed by atoms with E-state index in [2.05, 4.69) is 20.8 Å². The van der Waals surface area contributed by atoms with E-state index in [1.807, 2.05) is 0 Å². The van der Waals surface area contributed by atoms with Crippen molar-refractivity contribution in [1.29, 1.82) is 0 Å². The number of carbonyl (C=O) groups is 1. The Morgan fingerprint density at radius 2 is 1.88 bits per heavy atom. The molecule has 1 aliphatic rings. The first-order chi connectivity index (χ1) is 7.65. The first kappa shape index (κ1) is 13.7. The van der Waals surface area contributed by atoms with Gasteiger partial charge in [0.05, 0.1) is 26.8 Å². The van der Waals surface area contributed by atoms with Gasteiger partial charge < -0.3 is 9.47 Å². The minimum Gasteiger partial charge on any atom is -0.469 e. The number of methoxy groups -OCH3 is 1. The Bertz CT molecular complexity index is 230. The zero-order chi connectivity index (χ0) is 12.2. The molecule has 1 rings (SSSR count). The van der Waals surface area contributed by atoms with Gasteiger partial charge in [-0.25, -0.2) is 0 Å². The Labute approximate surface area is 99.5 Å². The number of hydrogen-bond donors (Lipinski definition) is 0. The normalized spacial score (nSPS) is 25.8. The molecule has 16 heavy (non-hydrogen) atoms. The second-order valence-corrected chi connectivity index (χ2v) is 10.0. The van der Waals surface area contributed by atoms with E-state index in [1.165, 1.54) is 25.2 Å². The number of ether oxygens (including phenoxy) is 2. The highest BCUT2D eigenvalue weighted by molar-refractivity contribution is 6.81. The summed E-state index contributed by atoms with van der Waals surface area (Å²) in [4.78, 5) is 11.7. The van der Waals surface area contributed by atoms with Crippen molar-refractivity contribution in [3.63, 3.8) is 0 Å². The molecule has 1 aliphatic heterocycles. The molecule has 0 aromatic rings. The molecule has 1 heterocycles. The summed E-state index contributed by atoms with van der Waals surface area (Å²) in [6.07, 6.45) is 0.839. The molecule has 0 aliphatic carbocycles. The van der Waals surface area contributed by atoms with E-state index in [0.717, 1.165) is 13.0 Å². The van der Waals surface area contributed by atoms with E-state index in [9.17, 15) is 4.79 Å². The van der Waals surface area contributed by atoms with Crippen molar-refractivity contribution in [2.24, 2.45) is 5.92 Å². The van der Waals surface area contributed by atoms with Gasteiger partial charge in [0.2, 0.25) is 0 Å². The molecule has 0 aromatic carbocycles. The van der Waals surface area contributed by atoms with E-state index >= 15 is 0 Å². The van der Waals surface area contributed by atoms with Gasteiger partial charge in [-0.05, 0) is 6.42 Å². The van der Waals surface area contributed by atoms with Gasteiger partial charge in [-0.15, -0.1) is 0 Å². The zero-order valence-corrected chi connectivity index (χ0v) is 11.9. The third kappa shape index (κ3) is 2.32. The van der Waals surface area contributed by atoms with E-state index < -0.39 is 8.07 Å². The predicted molar refractivity (Wildman–Crippen MR) is 67.1 cm³/mol. The largest absolute Gasteiger partial charge is 0.469 e. The maximum absolute atomic E-state index is 11.7. The standard InChI is InChI=1S/C12H24O3Si/c1-5-16(6-2,7-3)12-10(8-9-15-12)11(13)14-4/h10,12H,5-9H2,1-4H3/t10-,12-/m1/s1. The summed E-state index contributed by atoms with van der Waals surface area (Å²) < 4.78 is 10.8. The summed E-state index contributed by atoms with van der Waals surface area (Å²) in [5.74, 6) is -0.0776. The third-order valence-corrected chi connectivity index (χ3v) is 10.3. The average molecular weight is 244 g/mol. The molecule has 94 valence electrons. The monoisotopic (exact) mass is 244 g/mol. The highest BCUT2D eigenvalue weighted by Gasteiger charge is 2.47. The van der Waals surface area contributed by atoms with E-state index in [-0.39, 0.29) is 17.6 Å². The van der Waals surface area contributed by atoms with Crippen LogP contribution in [0.1, 0.15) is 27.2 Å². The van der Waals surface area contributed by atoms with Crippen LogP contribution in [0.3, 0.4) is 0 Å². The van der Waals surface area contributed by atoms with Crippen molar-refractivity contribution in [3.8, 4) is 0 Å². The first-order valence-corrected chi connectivity index (χ1v) is 9.04. The second-order valence-electron chi connectivity index (χ2n) is 4.63. The molecule has 2 atom stereocenters. The predicted octanol–water partition coefficient (Wildman–Crippen LogP) is 2.61. The van der Waals surface area contributed by atoms with Crippen molar-refractivity contribution in [3.05, 3.63) is 0 Å². The summed E-state index contributed by atoms with van der Waals surface area (Å²) in [7, 11) is 0.0275. The van der Waals surface area contributed by atoms with Crippen LogP contribution in [0.2, 0.25) is 18.1 Å². The maximum atomic E-state index is 11.7. The van der Waals surface area contributed by atoms with Crippen molar-refractivity contribution in [2.75, 3.05) is 13.7 Å². The van der Waals surface area contributed by atoms with Crippen molar-refractivity contribution < 1.29 is 14.3 Å². The van der Waals surface area contributed by atoms with Crippen molar-refractivity contribution in [2.45, 2.75) is 51.1 Å². The Morgan fingerprint density at radius 1 is 1.31 bits per heavy atom. The molecular formula is C12H24O3Si. The summed E-state index contributed by atoms with van der Waals surface area (Å²) in [5.41, 5.74) is 0.181. The number of carbonyl (C=O) groups excluding carboxylic acids is 1. The summed E-state index contributed by atoms with van der Waals surface area (Å²) in [6, 6.07) is 3.58. The van der Waals surface area contributed by atoms with Gasteiger partial charge in [-0.2, -0.15) is 0 Å². The van der Waals surface area contributed by atoms with Gasteiger partial charge in [0.25, 0.3) is 0 Å². The van der Waals surface area contributed by atoms with Crippen LogP contribution in [0.5, 0.6) is 0 Å². The zero-order valence-electron chi connectivity index (χ0n) is 10.9. The Hall–Kier alpha value is -0.353. The van der Waals surface area contributed by atoms with Gasteiger partial charge >= 0.3 is 5.97 Å². The topological polar surface area (TPSA) is 35.5 Å². The van der Waals surface area contributed by atoms with E-state index in [1.54, 1.807) is 0 Å². The fraction of sp³-hybridized carbons (Fsp3) is 0.917. The number of rotatable bonds is 5. The second kappa shape index (κ2) is 5.82. The first-order valence-electron chi connectivity index (χ1n) is 6.34. The van der Waals surface area contributed by atoms with Crippen LogP contribution in [-0.4, -0.2) is 33.5 Å². The molecule has 0 spiro atoms. The SMILES string of the molecule is CC[Si](CC)(CC)[C@H]1OCC[C@@H]1C(=O)OC. The van der Waals surface area contributed by atoms with Gasteiger partial charge in [-0.1, -0.05) is 38.9 Å². The molecule has 1 saturated heterocycles. The van der Waals surface area contributed by atoms with E-state index in [0.29, 0.717) is 0 Å². The Balaban J connectivity index is 2.87. The molecule has 0 bridgehead atoms. The smallest absolute Gasteiger partial charge is 0.311 e. The van der Waals surface area contributed by atoms with Crippen LogP contribution < -0.4 is 0 Å². The molecular weight excluding hydrogens is 220 g/mol. The van der Waals surface area contributed by atoms with Crippen LogP contribution in [0.4, 0.5) is 0 Å². The van der Waals surface area contributed by atoms with E-state index in [4.69, 9.17) is 9.47 Å². The highest BCUT2D eigenvalue weighted by atomic mass is 28.3. The van der Waals surface area contributed by atoms with Crippen LogP contribution in [0.15, 0.2) is 0 Å². The molecule has 0 N–H and O–H groups in total. The fourth-order valence-electron chi connectivity index (χ4n) is 2.94. The molecule has 1 fully saturated rings. The third-order valence-electron chi connectivity index (χ3n) is 4.31. The van der Waals surface area contributed by atoms with Gasteiger partial charge in [0.1, 0.15) is 0 Å². The van der Waals surface area contributed by atoms with Crippen molar-refractivity contribution >= 4 is 14.0 Å². The Kier molecular flexibility index (Phi) is 4.99. The number of esters is 1.